The minimum atomic E-state index is -1.30. The highest BCUT2D eigenvalue weighted by atomic mass is 35.5. The second kappa shape index (κ2) is 10.2. The van der Waals surface area contributed by atoms with E-state index in [1.54, 1.807) is 24.9 Å². The number of ether oxygens (including phenoxy) is 3. The van der Waals surface area contributed by atoms with Crippen LogP contribution in [0.4, 0.5) is 0 Å². The van der Waals surface area contributed by atoms with Crippen molar-refractivity contribution in [2.75, 3.05) is 20.8 Å². The van der Waals surface area contributed by atoms with E-state index in [4.69, 9.17) is 25.8 Å². The molecule has 2 aromatic rings. The van der Waals surface area contributed by atoms with Gasteiger partial charge in [-0.2, -0.15) is 0 Å². The van der Waals surface area contributed by atoms with Crippen molar-refractivity contribution in [3.63, 3.8) is 0 Å². The van der Waals surface area contributed by atoms with Gasteiger partial charge in [-0.25, -0.2) is 4.79 Å². The van der Waals surface area contributed by atoms with E-state index in [9.17, 15) is 4.79 Å². The summed E-state index contributed by atoms with van der Waals surface area (Å²) in [4.78, 5) is 14.0. The summed E-state index contributed by atoms with van der Waals surface area (Å²) in [6.45, 7) is 7.13. The summed E-state index contributed by atoms with van der Waals surface area (Å²) < 4.78 is 16.4. The van der Waals surface area contributed by atoms with Gasteiger partial charge in [0.2, 0.25) is 0 Å². The number of hydrogen-bond acceptors (Lipinski definition) is 5. The predicted molar refractivity (Wildman–Crippen MR) is 119 cm³/mol. The van der Waals surface area contributed by atoms with E-state index >= 15 is 0 Å². The number of hydrogen-bond donors (Lipinski definition) is 0. The summed E-state index contributed by atoms with van der Waals surface area (Å²) >= 11 is 8.15. The van der Waals surface area contributed by atoms with Crippen LogP contribution in [-0.4, -0.2) is 34.9 Å². The molecule has 4 nitrogen and oxygen atoms in total. The zero-order chi connectivity index (χ0) is 20.7. The number of thioether (sulfide) groups is 1. The average molecular weight is 439 g/mol. The predicted octanol–water partition coefficient (Wildman–Crippen LogP) is 6.14. The fraction of sp³-hybridized carbons (Fsp3) is 0.381. The topological polar surface area (TPSA) is 44.8 Å². The highest BCUT2D eigenvalue weighted by Crippen LogP contribution is 2.40. The third-order valence-corrected chi connectivity index (χ3v) is 7.30. The quantitative estimate of drug-likeness (QED) is 0.267. The molecule has 152 valence electrons. The summed E-state index contributed by atoms with van der Waals surface area (Å²) in [7, 11) is 1.76. The smallest absolute Gasteiger partial charge is 0.342 e. The summed E-state index contributed by atoms with van der Waals surface area (Å²) in [5.41, 5.74) is 1.03. The van der Waals surface area contributed by atoms with E-state index in [1.807, 2.05) is 30.3 Å². The van der Waals surface area contributed by atoms with Gasteiger partial charge in [0.05, 0.1) is 25.8 Å². The molecule has 0 atom stereocenters. The molecule has 0 bridgehead atoms. The lowest BCUT2D eigenvalue weighted by atomic mass is 10.1. The van der Waals surface area contributed by atoms with Gasteiger partial charge in [-0.3, -0.25) is 0 Å². The van der Waals surface area contributed by atoms with Crippen LogP contribution in [-0.2, 0) is 10.5 Å². The molecule has 0 radical (unpaired) electrons. The third-order valence-electron chi connectivity index (χ3n) is 4.15. The first kappa shape index (κ1) is 22.7. The van der Waals surface area contributed by atoms with Crippen LogP contribution in [0.3, 0.4) is 0 Å². The Hall–Kier alpha value is -1.63. The Kier molecular flexibility index (Phi) is 8.28. The average Bonchev–Trinajstić information content (AvgIpc) is 2.66. The van der Waals surface area contributed by atoms with Crippen molar-refractivity contribution >= 4 is 37.4 Å². The number of methoxy groups -OCH3 is 2. The van der Waals surface area contributed by atoms with E-state index in [-0.39, 0.29) is 0 Å². The lowest BCUT2D eigenvalue weighted by Gasteiger charge is -2.19. The lowest BCUT2D eigenvalue weighted by molar-refractivity contribution is 0.0520. The Bertz CT molecular complexity index is 806. The van der Waals surface area contributed by atoms with Crippen LogP contribution >= 0.6 is 23.4 Å². The molecule has 0 fully saturated rings. The van der Waals surface area contributed by atoms with Gasteiger partial charge in [0, 0.05) is 30.4 Å². The first-order valence-electron chi connectivity index (χ1n) is 9.05. The minimum Gasteiger partial charge on any atom is -0.496 e. The molecule has 0 aliphatic rings. The number of benzene rings is 2. The van der Waals surface area contributed by atoms with E-state index in [0.29, 0.717) is 40.0 Å². The second-order valence-electron chi connectivity index (χ2n) is 7.50. The molecule has 0 aromatic heterocycles. The van der Waals surface area contributed by atoms with Crippen molar-refractivity contribution in [1.82, 2.24) is 0 Å². The molecule has 0 aliphatic heterocycles. The monoisotopic (exact) mass is 438 g/mol. The number of carbonyl (C=O) groups excluding carboxylic acids is 1. The lowest BCUT2D eigenvalue weighted by Crippen LogP contribution is -2.23. The largest absolute Gasteiger partial charge is 0.496 e. The molecule has 28 heavy (non-hydrogen) atoms. The first-order valence-corrected chi connectivity index (χ1v) is 14.1. The van der Waals surface area contributed by atoms with Crippen molar-refractivity contribution in [2.45, 2.75) is 36.3 Å². The molecule has 7 heteroatoms. The molecule has 0 aliphatic carbocycles. The first-order chi connectivity index (χ1) is 13.3. The fourth-order valence-electron chi connectivity index (χ4n) is 2.52. The molecule has 0 unspecified atom stereocenters. The van der Waals surface area contributed by atoms with Crippen LogP contribution in [0.15, 0.2) is 41.3 Å². The Labute approximate surface area is 177 Å². The molecule has 2 aromatic carbocycles. The number of esters is 1. The van der Waals surface area contributed by atoms with Gasteiger partial charge in [-0.05, 0) is 18.2 Å². The molecular weight excluding hydrogens is 412 g/mol. The molecule has 0 spiro atoms. The van der Waals surface area contributed by atoms with Crippen LogP contribution in [0, 0.1) is 0 Å². The van der Waals surface area contributed by atoms with Crippen molar-refractivity contribution in [2.24, 2.45) is 0 Å². The highest BCUT2D eigenvalue weighted by molar-refractivity contribution is 7.98. The molecule has 0 amide bonds. The SMILES string of the molecule is COc1cc(OC)c(C(=O)OCC[Si](C)(C)C)c(CSc2ccccc2)c1Cl. The van der Waals surface area contributed by atoms with Gasteiger partial charge < -0.3 is 14.2 Å². The zero-order valence-electron chi connectivity index (χ0n) is 17.0. The maximum atomic E-state index is 12.9. The van der Waals surface area contributed by atoms with E-state index < -0.39 is 14.0 Å². The number of rotatable bonds is 9. The van der Waals surface area contributed by atoms with E-state index in [1.165, 1.54) is 7.11 Å². The van der Waals surface area contributed by atoms with Gasteiger partial charge in [0.1, 0.15) is 17.1 Å². The van der Waals surface area contributed by atoms with Gasteiger partial charge in [0.25, 0.3) is 0 Å². The van der Waals surface area contributed by atoms with Crippen molar-refractivity contribution in [1.29, 1.82) is 0 Å². The summed E-state index contributed by atoms with van der Waals surface area (Å²) in [5, 5.41) is 0.406. The minimum absolute atomic E-state index is 0.368. The summed E-state index contributed by atoms with van der Waals surface area (Å²) in [6, 6.07) is 12.5. The molecule has 0 N–H and O–H groups in total. The van der Waals surface area contributed by atoms with Crippen LogP contribution in [0.1, 0.15) is 15.9 Å². The standard InChI is InChI=1S/C21H27ClO4SSi/c1-24-17-13-18(25-2)20(22)16(14-27-15-9-7-6-8-10-15)19(17)21(23)26-11-12-28(3,4)5/h6-10,13H,11-12,14H2,1-5H3. The van der Waals surface area contributed by atoms with Crippen LogP contribution < -0.4 is 9.47 Å². The van der Waals surface area contributed by atoms with Crippen molar-refractivity contribution in [3.8, 4) is 11.5 Å². The van der Waals surface area contributed by atoms with Crippen molar-refractivity contribution < 1.29 is 19.0 Å². The van der Waals surface area contributed by atoms with Crippen LogP contribution in [0.25, 0.3) is 0 Å². The maximum Gasteiger partial charge on any atom is 0.342 e. The van der Waals surface area contributed by atoms with Crippen LogP contribution in [0.2, 0.25) is 30.7 Å². The Morgan fingerprint density at radius 3 is 2.29 bits per heavy atom. The molecule has 0 saturated carbocycles. The fourth-order valence-corrected chi connectivity index (χ4v) is 4.56. The summed E-state index contributed by atoms with van der Waals surface area (Å²) in [6.07, 6.45) is 0. The van der Waals surface area contributed by atoms with Crippen LogP contribution in [0.5, 0.6) is 11.5 Å². The molecule has 2 rings (SSSR count). The van der Waals surface area contributed by atoms with E-state index in [2.05, 4.69) is 19.6 Å². The van der Waals surface area contributed by atoms with Gasteiger partial charge in [-0.15, -0.1) is 11.8 Å². The molecule has 0 saturated heterocycles. The second-order valence-corrected chi connectivity index (χ2v) is 14.5. The molecule has 0 heterocycles. The Morgan fingerprint density at radius 1 is 1.07 bits per heavy atom. The van der Waals surface area contributed by atoms with Crippen molar-refractivity contribution in [3.05, 3.63) is 52.5 Å². The van der Waals surface area contributed by atoms with Gasteiger partial charge in [-0.1, -0.05) is 49.4 Å². The summed E-state index contributed by atoms with van der Waals surface area (Å²) in [5.74, 6) is 0.960. The zero-order valence-corrected chi connectivity index (χ0v) is 19.6. The van der Waals surface area contributed by atoms with Gasteiger partial charge >= 0.3 is 5.97 Å². The Balaban J connectivity index is 2.34. The normalized spacial score (nSPS) is 11.2. The molecular formula is C21H27ClO4SSi. The highest BCUT2D eigenvalue weighted by Gasteiger charge is 2.25. The van der Waals surface area contributed by atoms with E-state index in [0.717, 1.165) is 10.9 Å². The number of carbonyl (C=O) groups is 1. The Morgan fingerprint density at radius 2 is 1.71 bits per heavy atom. The van der Waals surface area contributed by atoms with Gasteiger partial charge in [0.15, 0.2) is 0 Å². The maximum absolute atomic E-state index is 12.9. The third kappa shape index (κ3) is 6.19. The number of halogens is 1.